The van der Waals surface area contributed by atoms with Crippen LogP contribution in [0.3, 0.4) is 0 Å². The molecule has 45 heavy (non-hydrogen) atoms. The van der Waals surface area contributed by atoms with Crippen LogP contribution < -0.4 is 11.2 Å². The molecule has 1 aliphatic heterocycles. The van der Waals surface area contributed by atoms with Gasteiger partial charge in [-0.3, -0.25) is 14.6 Å². The van der Waals surface area contributed by atoms with Gasteiger partial charge in [0.15, 0.2) is 9.84 Å². The third-order valence-electron chi connectivity index (χ3n) is 7.50. The molecule has 1 aromatic heterocycles. The van der Waals surface area contributed by atoms with Crippen LogP contribution in [0.1, 0.15) is 40.6 Å². The number of amides is 1. The zero-order chi connectivity index (χ0) is 33.0. The summed E-state index contributed by atoms with van der Waals surface area (Å²) < 4.78 is 58.2. The quantitative estimate of drug-likeness (QED) is 0.0983. The lowest BCUT2D eigenvalue weighted by molar-refractivity contribution is -0.131. The van der Waals surface area contributed by atoms with Gasteiger partial charge in [0.05, 0.1) is 38.9 Å². The molecular weight excluding hydrogens is 639 g/mol. The van der Waals surface area contributed by atoms with Gasteiger partial charge in [0, 0.05) is 23.8 Å². The standard InChI is InChI=1S/C24H25N3O5S2.C7H8O3S/c1-23(22(28)27-29,34(2,30)31)12-11-21-26-19-10-7-17(13-20(19)33-21)4-3-16-5-8-18(9-6-16)24(25)14-32-15-24;1-6-2-4-7(5-3-6)11(8,9)10/h5-10,13,29H,11-12,14-15,25H2,1-2H3,(H,27,28);2-5H,1H3,(H,8,9,10). The number of hydrogen-bond acceptors (Lipinski definition) is 10. The fourth-order valence-corrected chi connectivity index (χ4v) is 6.66. The number of fused-ring (bicyclic) bond motifs is 1. The van der Waals surface area contributed by atoms with Crippen molar-refractivity contribution in [1.29, 1.82) is 0 Å². The number of carbonyl (C=O) groups excluding carboxylic acids is 1. The van der Waals surface area contributed by atoms with Gasteiger partial charge in [-0.15, -0.1) is 11.3 Å². The summed E-state index contributed by atoms with van der Waals surface area (Å²) in [6.45, 7) is 4.19. The first kappa shape index (κ1) is 34.2. The molecule has 0 spiro atoms. The largest absolute Gasteiger partial charge is 0.377 e. The number of aromatic nitrogens is 1. The van der Waals surface area contributed by atoms with Gasteiger partial charge in [0.25, 0.3) is 16.0 Å². The molecule has 1 fully saturated rings. The van der Waals surface area contributed by atoms with Crippen LogP contribution in [-0.4, -0.2) is 61.7 Å². The van der Waals surface area contributed by atoms with Crippen LogP contribution in [-0.2, 0) is 41.4 Å². The molecule has 1 saturated heterocycles. The molecule has 5 N–H and O–H groups in total. The van der Waals surface area contributed by atoms with Crippen LogP contribution in [0.2, 0.25) is 0 Å². The number of carbonyl (C=O) groups is 1. The molecule has 0 aliphatic carbocycles. The topological polar surface area (TPSA) is 186 Å². The number of hydroxylamine groups is 1. The number of nitrogens with zero attached hydrogens (tertiary/aromatic N) is 1. The molecule has 4 aromatic rings. The molecule has 1 unspecified atom stereocenters. The summed E-state index contributed by atoms with van der Waals surface area (Å²) in [5, 5.41) is 9.67. The Kier molecular flexibility index (Phi) is 10.1. The van der Waals surface area contributed by atoms with Crippen LogP contribution in [0, 0.1) is 18.8 Å². The van der Waals surface area contributed by atoms with Crippen molar-refractivity contribution < 1.29 is 36.1 Å². The summed E-state index contributed by atoms with van der Waals surface area (Å²) in [5.74, 6) is 5.36. The third kappa shape index (κ3) is 8.13. The third-order valence-corrected chi connectivity index (χ3v) is 11.5. The lowest BCUT2D eigenvalue weighted by Gasteiger charge is -2.38. The van der Waals surface area contributed by atoms with E-state index in [1.54, 1.807) is 12.1 Å². The Morgan fingerprint density at radius 1 is 1.04 bits per heavy atom. The molecule has 0 radical (unpaired) electrons. The molecule has 1 atom stereocenters. The highest BCUT2D eigenvalue weighted by Crippen LogP contribution is 2.29. The lowest BCUT2D eigenvalue weighted by atomic mass is 9.89. The molecule has 3 aromatic carbocycles. The molecule has 0 bridgehead atoms. The van der Waals surface area contributed by atoms with Crippen LogP contribution in [0.15, 0.2) is 71.6 Å². The van der Waals surface area contributed by atoms with E-state index in [0.717, 1.165) is 38.7 Å². The monoisotopic (exact) mass is 671 g/mol. The SMILES string of the molecule is CC(CCc1nc2ccc(C#Cc3ccc(C4(N)COC4)cc3)cc2s1)(C(=O)NO)S(C)(=O)=O.Cc1ccc(S(=O)(=O)O)cc1. The average molecular weight is 672 g/mol. The van der Waals surface area contributed by atoms with E-state index in [2.05, 4.69) is 16.8 Å². The van der Waals surface area contributed by atoms with Crippen LogP contribution >= 0.6 is 11.3 Å². The fourth-order valence-electron chi connectivity index (χ4n) is 4.32. The number of sulfone groups is 1. The molecule has 0 saturated carbocycles. The second kappa shape index (κ2) is 13.4. The minimum Gasteiger partial charge on any atom is -0.377 e. The highest BCUT2D eigenvalue weighted by atomic mass is 32.2. The molecule has 2 heterocycles. The van der Waals surface area contributed by atoms with Crippen molar-refractivity contribution in [3.63, 3.8) is 0 Å². The fraction of sp³-hybridized carbons (Fsp3) is 0.290. The minimum atomic E-state index is -4.02. The molecule has 238 valence electrons. The second-order valence-corrected chi connectivity index (χ2v) is 16.0. The molecule has 11 nitrogen and oxygen atoms in total. The van der Waals surface area contributed by atoms with E-state index < -0.39 is 36.1 Å². The summed E-state index contributed by atoms with van der Waals surface area (Å²) in [4.78, 5) is 16.5. The van der Waals surface area contributed by atoms with E-state index in [4.69, 9.17) is 20.2 Å². The molecule has 1 amide bonds. The number of benzene rings is 3. The Morgan fingerprint density at radius 3 is 2.18 bits per heavy atom. The summed E-state index contributed by atoms with van der Waals surface area (Å²) >= 11 is 1.42. The van der Waals surface area contributed by atoms with E-state index in [1.165, 1.54) is 35.9 Å². The smallest absolute Gasteiger partial charge is 0.294 e. The van der Waals surface area contributed by atoms with E-state index in [1.807, 2.05) is 49.4 Å². The summed E-state index contributed by atoms with van der Waals surface area (Å²) in [6.07, 6.45) is 1.25. The Labute approximate surface area is 266 Å². The highest BCUT2D eigenvalue weighted by Gasteiger charge is 2.43. The van der Waals surface area contributed by atoms with Gasteiger partial charge in [-0.1, -0.05) is 41.7 Å². The van der Waals surface area contributed by atoms with Crippen molar-refractivity contribution in [2.24, 2.45) is 5.73 Å². The molecular formula is C31H33N3O8S3. The predicted octanol–water partition coefficient (Wildman–Crippen LogP) is 3.36. The first-order valence-corrected chi connectivity index (χ1v) is 17.8. The maximum atomic E-state index is 12.2. The number of nitrogens with two attached hydrogens (primary N) is 1. The van der Waals surface area contributed by atoms with E-state index in [-0.39, 0.29) is 17.7 Å². The predicted molar refractivity (Wildman–Crippen MR) is 171 cm³/mol. The van der Waals surface area contributed by atoms with Crippen molar-refractivity contribution in [2.45, 2.75) is 41.9 Å². The Morgan fingerprint density at radius 2 is 1.64 bits per heavy atom. The summed E-state index contributed by atoms with van der Waals surface area (Å²) in [5.41, 5.74) is 11.8. The summed E-state index contributed by atoms with van der Waals surface area (Å²) in [7, 11) is -7.77. The number of hydrogen-bond donors (Lipinski definition) is 4. The van der Waals surface area contributed by atoms with E-state index in [9.17, 15) is 21.6 Å². The number of thiazole rings is 1. The Balaban J connectivity index is 0.000000354. The van der Waals surface area contributed by atoms with Gasteiger partial charge in [0.1, 0.15) is 4.75 Å². The van der Waals surface area contributed by atoms with E-state index >= 15 is 0 Å². The maximum Gasteiger partial charge on any atom is 0.294 e. The van der Waals surface area contributed by atoms with Gasteiger partial charge in [-0.2, -0.15) is 8.42 Å². The van der Waals surface area contributed by atoms with E-state index in [0.29, 0.717) is 18.2 Å². The zero-order valence-electron chi connectivity index (χ0n) is 24.8. The Hall–Kier alpha value is -3.68. The number of nitrogens with one attached hydrogen (secondary N) is 1. The van der Waals surface area contributed by atoms with Crippen molar-refractivity contribution in [1.82, 2.24) is 10.5 Å². The normalized spacial score (nSPS) is 15.4. The van der Waals surface area contributed by atoms with Gasteiger partial charge >= 0.3 is 0 Å². The van der Waals surface area contributed by atoms with Gasteiger partial charge < -0.3 is 10.5 Å². The van der Waals surface area contributed by atoms with Gasteiger partial charge in [0.2, 0.25) is 0 Å². The van der Waals surface area contributed by atoms with Gasteiger partial charge in [-0.05, 0) is 68.3 Å². The van der Waals surface area contributed by atoms with Crippen molar-refractivity contribution in [3.8, 4) is 11.8 Å². The first-order chi connectivity index (χ1) is 21.0. The van der Waals surface area contributed by atoms with Crippen molar-refractivity contribution >= 4 is 47.4 Å². The van der Waals surface area contributed by atoms with Crippen molar-refractivity contribution in [2.75, 3.05) is 19.5 Å². The molecule has 14 heteroatoms. The zero-order valence-corrected chi connectivity index (χ0v) is 27.2. The number of aryl methyl sites for hydroxylation is 2. The highest BCUT2D eigenvalue weighted by molar-refractivity contribution is 7.92. The number of rotatable bonds is 7. The molecule has 1 aliphatic rings. The van der Waals surface area contributed by atoms with Gasteiger partial charge in [-0.25, -0.2) is 18.9 Å². The maximum absolute atomic E-state index is 12.2. The number of ether oxygens (including phenoxy) is 1. The van der Waals surface area contributed by atoms with Crippen LogP contribution in [0.5, 0.6) is 0 Å². The lowest BCUT2D eigenvalue weighted by Crippen LogP contribution is -2.54. The van der Waals surface area contributed by atoms with Crippen molar-refractivity contribution in [3.05, 3.63) is 94.0 Å². The molecule has 5 rings (SSSR count). The second-order valence-electron chi connectivity index (χ2n) is 11.0. The van der Waals surface area contributed by atoms with Crippen LogP contribution in [0.25, 0.3) is 10.2 Å². The average Bonchev–Trinajstić information content (AvgIpc) is 3.39. The van der Waals surface area contributed by atoms with Crippen LogP contribution in [0.4, 0.5) is 0 Å². The summed E-state index contributed by atoms with van der Waals surface area (Å²) in [6, 6.07) is 19.5. The Bertz CT molecular complexity index is 1980. The minimum absolute atomic E-state index is 0.00306. The first-order valence-electron chi connectivity index (χ1n) is 13.6.